The van der Waals surface area contributed by atoms with Gasteiger partial charge in [-0.15, -0.1) is 11.3 Å². The van der Waals surface area contributed by atoms with Gasteiger partial charge in [-0.2, -0.15) is 0 Å². The molecular weight excluding hydrogens is 244 g/mol. The largest absolute Gasteiger partial charge is 0.345 e. The highest BCUT2D eigenvalue weighted by atomic mass is 32.1. The maximum Gasteiger partial charge on any atom is 0.185 e. The Morgan fingerprint density at radius 2 is 2.33 bits per heavy atom. The molecule has 1 aromatic rings. The molecular formula is C13H24N4S. The number of hydrogen-bond donors (Lipinski definition) is 1. The van der Waals surface area contributed by atoms with Gasteiger partial charge < -0.3 is 15.1 Å². The molecule has 1 fully saturated rings. The van der Waals surface area contributed by atoms with Crippen molar-refractivity contribution in [3.8, 4) is 0 Å². The van der Waals surface area contributed by atoms with Crippen molar-refractivity contribution in [1.29, 1.82) is 0 Å². The first-order valence-corrected chi connectivity index (χ1v) is 7.57. The number of likely N-dealkylation sites (N-methyl/N-ethyl adjacent to an activating group) is 1. The van der Waals surface area contributed by atoms with Gasteiger partial charge in [0, 0.05) is 42.8 Å². The lowest BCUT2D eigenvalue weighted by Crippen LogP contribution is -2.50. The summed E-state index contributed by atoms with van der Waals surface area (Å²) in [5.41, 5.74) is 0. The fourth-order valence-electron chi connectivity index (χ4n) is 2.25. The third kappa shape index (κ3) is 3.02. The molecule has 0 aliphatic carbocycles. The molecule has 0 bridgehead atoms. The molecule has 0 saturated carbocycles. The molecule has 2 atom stereocenters. The minimum atomic E-state index is 0.408. The lowest BCUT2D eigenvalue weighted by atomic mass is 10.2. The third-order valence-corrected chi connectivity index (χ3v) is 4.92. The lowest BCUT2D eigenvalue weighted by molar-refractivity contribution is 0.234. The van der Waals surface area contributed by atoms with Gasteiger partial charge in [-0.25, -0.2) is 4.98 Å². The molecule has 102 valence electrons. The number of rotatable bonds is 4. The Kier molecular flexibility index (Phi) is 4.59. The first-order chi connectivity index (χ1) is 8.61. The van der Waals surface area contributed by atoms with Gasteiger partial charge >= 0.3 is 0 Å². The average Bonchev–Trinajstić information content (AvgIpc) is 2.82. The number of nitrogens with one attached hydrogen (secondary N) is 1. The second-order valence-corrected chi connectivity index (χ2v) is 6.14. The van der Waals surface area contributed by atoms with E-state index in [1.807, 2.05) is 17.5 Å². The Morgan fingerprint density at radius 3 is 3.00 bits per heavy atom. The van der Waals surface area contributed by atoms with E-state index in [1.54, 1.807) is 0 Å². The molecule has 2 unspecified atom stereocenters. The summed E-state index contributed by atoms with van der Waals surface area (Å²) in [6.07, 6.45) is 2.02. The molecule has 1 aliphatic rings. The van der Waals surface area contributed by atoms with E-state index in [9.17, 15) is 0 Å². The lowest BCUT2D eigenvalue weighted by Gasteiger charge is -2.37. The minimum absolute atomic E-state index is 0.408. The highest BCUT2D eigenvalue weighted by Gasteiger charge is 2.23. The molecule has 1 saturated heterocycles. The van der Waals surface area contributed by atoms with Gasteiger partial charge in [0.15, 0.2) is 5.13 Å². The molecule has 18 heavy (non-hydrogen) atoms. The van der Waals surface area contributed by atoms with E-state index < -0.39 is 0 Å². The van der Waals surface area contributed by atoms with Gasteiger partial charge in [0.05, 0.1) is 0 Å². The Hall–Kier alpha value is -0.650. The van der Waals surface area contributed by atoms with Crippen LogP contribution < -0.4 is 10.2 Å². The van der Waals surface area contributed by atoms with Gasteiger partial charge in [-0.05, 0) is 27.4 Å². The predicted molar refractivity (Wildman–Crippen MR) is 78.5 cm³/mol. The topological polar surface area (TPSA) is 31.4 Å². The van der Waals surface area contributed by atoms with Crippen molar-refractivity contribution in [3.05, 3.63) is 11.1 Å². The van der Waals surface area contributed by atoms with Crippen molar-refractivity contribution in [2.45, 2.75) is 32.9 Å². The fraction of sp³-hybridized carbons (Fsp3) is 0.769. The maximum atomic E-state index is 4.59. The molecule has 5 heteroatoms. The summed E-state index contributed by atoms with van der Waals surface area (Å²) in [5.74, 6) is 0. The summed E-state index contributed by atoms with van der Waals surface area (Å²) in [4.78, 5) is 10.7. The Balaban J connectivity index is 2.01. The zero-order valence-electron chi connectivity index (χ0n) is 11.8. The van der Waals surface area contributed by atoms with E-state index in [4.69, 9.17) is 0 Å². The number of thiazole rings is 1. The number of aromatic nitrogens is 1. The van der Waals surface area contributed by atoms with E-state index >= 15 is 0 Å². The standard InChI is InChI=1S/C13H24N4S/c1-5-14-11(3)12-8-15-13(18-12)17-7-6-16(4)10(2)9-17/h8,10-11,14H,5-7,9H2,1-4H3. The van der Waals surface area contributed by atoms with Crippen molar-refractivity contribution >= 4 is 16.5 Å². The van der Waals surface area contributed by atoms with Crippen molar-refractivity contribution in [1.82, 2.24) is 15.2 Å². The van der Waals surface area contributed by atoms with Gasteiger partial charge in [0.2, 0.25) is 0 Å². The van der Waals surface area contributed by atoms with E-state index in [0.29, 0.717) is 12.1 Å². The van der Waals surface area contributed by atoms with Gasteiger partial charge in [0.25, 0.3) is 0 Å². The van der Waals surface area contributed by atoms with E-state index in [1.165, 1.54) is 10.0 Å². The minimum Gasteiger partial charge on any atom is -0.345 e. The summed E-state index contributed by atoms with van der Waals surface area (Å²) in [6, 6.07) is 1.02. The second-order valence-electron chi connectivity index (χ2n) is 5.10. The zero-order valence-corrected chi connectivity index (χ0v) is 12.6. The van der Waals surface area contributed by atoms with E-state index in [-0.39, 0.29) is 0 Å². The molecule has 4 nitrogen and oxygen atoms in total. The van der Waals surface area contributed by atoms with Crippen molar-refractivity contribution < 1.29 is 0 Å². The molecule has 0 radical (unpaired) electrons. The van der Waals surface area contributed by atoms with Crippen LogP contribution in [0.25, 0.3) is 0 Å². The summed E-state index contributed by atoms with van der Waals surface area (Å²) in [6.45, 7) is 10.9. The highest BCUT2D eigenvalue weighted by molar-refractivity contribution is 7.15. The molecule has 0 amide bonds. The molecule has 0 spiro atoms. The van der Waals surface area contributed by atoms with Crippen LogP contribution in [0.15, 0.2) is 6.20 Å². The average molecular weight is 268 g/mol. The number of anilines is 1. The molecule has 0 aromatic carbocycles. The van der Waals surface area contributed by atoms with Crippen LogP contribution >= 0.6 is 11.3 Å². The Bertz CT molecular complexity index is 379. The van der Waals surface area contributed by atoms with Gasteiger partial charge in [-0.3, -0.25) is 0 Å². The summed E-state index contributed by atoms with van der Waals surface area (Å²) >= 11 is 1.82. The molecule has 1 aliphatic heterocycles. The number of piperazine rings is 1. The Morgan fingerprint density at radius 1 is 1.56 bits per heavy atom. The molecule has 2 rings (SSSR count). The number of hydrogen-bond acceptors (Lipinski definition) is 5. The van der Waals surface area contributed by atoms with Crippen LogP contribution in [0.4, 0.5) is 5.13 Å². The zero-order chi connectivity index (χ0) is 13.1. The van der Waals surface area contributed by atoms with Crippen LogP contribution in [0.2, 0.25) is 0 Å². The molecule has 1 aromatic heterocycles. The van der Waals surface area contributed by atoms with Crippen LogP contribution in [0.1, 0.15) is 31.7 Å². The van der Waals surface area contributed by atoms with Crippen molar-refractivity contribution in [3.63, 3.8) is 0 Å². The van der Waals surface area contributed by atoms with E-state index in [2.05, 4.69) is 47.9 Å². The van der Waals surface area contributed by atoms with Crippen molar-refractivity contribution in [2.24, 2.45) is 0 Å². The van der Waals surface area contributed by atoms with Crippen LogP contribution in [0.5, 0.6) is 0 Å². The fourth-order valence-corrected chi connectivity index (χ4v) is 3.23. The first-order valence-electron chi connectivity index (χ1n) is 6.76. The van der Waals surface area contributed by atoms with Crippen LogP contribution in [-0.4, -0.2) is 49.2 Å². The highest BCUT2D eigenvalue weighted by Crippen LogP contribution is 2.28. The van der Waals surface area contributed by atoms with Gasteiger partial charge in [-0.1, -0.05) is 6.92 Å². The first kappa shape index (κ1) is 13.8. The maximum absolute atomic E-state index is 4.59. The van der Waals surface area contributed by atoms with Crippen LogP contribution in [0, 0.1) is 0 Å². The quantitative estimate of drug-likeness (QED) is 0.904. The summed E-state index contributed by atoms with van der Waals surface area (Å²) < 4.78 is 0. The SMILES string of the molecule is CCNC(C)c1cnc(N2CCN(C)C(C)C2)s1. The van der Waals surface area contributed by atoms with Crippen molar-refractivity contribution in [2.75, 3.05) is 38.1 Å². The molecule has 1 N–H and O–H groups in total. The van der Waals surface area contributed by atoms with E-state index in [0.717, 1.165) is 26.2 Å². The normalized spacial score (nSPS) is 23.3. The predicted octanol–water partition coefficient (Wildman–Crippen LogP) is 1.95. The van der Waals surface area contributed by atoms with Crippen LogP contribution in [0.3, 0.4) is 0 Å². The molecule has 2 heterocycles. The third-order valence-electron chi connectivity index (χ3n) is 3.68. The van der Waals surface area contributed by atoms with Gasteiger partial charge in [0.1, 0.15) is 0 Å². The second kappa shape index (κ2) is 5.99. The number of nitrogens with zero attached hydrogens (tertiary/aromatic N) is 3. The summed E-state index contributed by atoms with van der Waals surface area (Å²) in [7, 11) is 2.20. The smallest absolute Gasteiger partial charge is 0.185 e. The summed E-state index contributed by atoms with van der Waals surface area (Å²) in [5, 5.41) is 4.61. The Labute approximate surface area is 114 Å². The van der Waals surface area contributed by atoms with Crippen LogP contribution in [-0.2, 0) is 0 Å². The monoisotopic (exact) mass is 268 g/mol.